The summed E-state index contributed by atoms with van der Waals surface area (Å²) in [5.74, 6) is 0.535. The van der Waals surface area contributed by atoms with Gasteiger partial charge in [-0.15, -0.1) is 0 Å². The van der Waals surface area contributed by atoms with Gasteiger partial charge in [-0.1, -0.05) is 0 Å². The number of anilines is 2. The van der Waals surface area contributed by atoms with Gasteiger partial charge in [0.25, 0.3) is 0 Å². The van der Waals surface area contributed by atoms with Crippen LogP contribution in [0.3, 0.4) is 0 Å². The van der Waals surface area contributed by atoms with Crippen molar-refractivity contribution >= 4 is 28.3 Å². The van der Waals surface area contributed by atoms with Crippen molar-refractivity contribution < 1.29 is 13.7 Å². The molecule has 0 bridgehead atoms. The van der Waals surface area contributed by atoms with Gasteiger partial charge >= 0.3 is 5.97 Å². The minimum absolute atomic E-state index is 0.0167. The summed E-state index contributed by atoms with van der Waals surface area (Å²) >= 11 is 0. The molecule has 1 aromatic heterocycles. The number of rotatable bonds is 6. The van der Waals surface area contributed by atoms with Crippen molar-refractivity contribution in [3.63, 3.8) is 0 Å². The largest absolute Gasteiger partial charge is 0.462 e. The van der Waals surface area contributed by atoms with Crippen molar-refractivity contribution in [1.82, 2.24) is 4.98 Å². The lowest BCUT2D eigenvalue weighted by atomic mass is 10.2. The van der Waals surface area contributed by atoms with E-state index in [9.17, 15) is 9.00 Å². The molecule has 1 heterocycles. The van der Waals surface area contributed by atoms with E-state index in [0.29, 0.717) is 11.6 Å². The number of nitrogens with two attached hydrogens (primary N) is 1. The highest BCUT2D eigenvalue weighted by Gasteiger charge is 2.13. The summed E-state index contributed by atoms with van der Waals surface area (Å²) in [7, 11) is -0.897. The van der Waals surface area contributed by atoms with E-state index in [0.717, 1.165) is 0 Å². The van der Waals surface area contributed by atoms with Crippen LogP contribution in [0, 0.1) is 0 Å². The van der Waals surface area contributed by atoms with Gasteiger partial charge in [-0.2, -0.15) is 0 Å². The van der Waals surface area contributed by atoms with Gasteiger partial charge in [-0.25, -0.2) is 9.78 Å². The molecule has 0 aliphatic heterocycles. The van der Waals surface area contributed by atoms with Crippen LogP contribution in [0.4, 0.5) is 11.5 Å². The monoisotopic (exact) mass is 285 g/mol. The first kappa shape index (κ1) is 15.4. The maximum atomic E-state index is 11.7. The first-order valence-corrected chi connectivity index (χ1v) is 7.66. The van der Waals surface area contributed by atoms with Crippen molar-refractivity contribution in [2.75, 3.05) is 29.7 Å². The third-order valence-corrected chi connectivity index (χ3v) is 3.28. The van der Waals surface area contributed by atoms with Crippen LogP contribution in [0.5, 0.6) is 0 Å². The molecule has 2 unspecified atom stereocenters. The Morgan fingerprint density at radius 1 is 1.63 bits per heavy atom. The summed E-state index contributed by atoms with van der Waals surface area (Å²) in [4.78, 5) is 15.8. The van der Waals surface area contributed by atoms with E-state index in [1.54, 1.807) is 19.2 Å². The quantitative estimate of drug-likeness (QED) is 0.758. The fourth-order valence-corrected chi connectivity index (χ4v) is 2.36. The number of carbonyl (C=O) groups excluding carboxylic acids is 1. The summed E-state index contributed by atoms with van der Waals surface area (Å²) < 4.78 is 16.0. The topological polar surface area (TPSA) is 94.3 Å². The molecule has 3 N–H and O–H groups in total. The van der Waals surface area contributed by atoms with Gasteiger partial charge in [-0.3, -0.25) is 4.21 Å². The lowest BCUT2D eigenvalue weighted by Crippen LogP contribution is -2.23. The highest BCUT2D eigenvalue weighted by molar-refractivity contribution is 7.84. The zero-order chi connectivity index (χ0) is 14.4. The molecule has 0 aliphatic rings. The zero-order valence-electron chi connectivity index (χ0n) is 11.3. The molecule has 0 fully saturated rings. The van der Waals surface area contributed by atoms with E-state index in [1.807, 2.05) is 6.92 Å². The Kier molecular flexibility index (Phi) is 5.75. The third kappa shape index (κ3) is 4.86. The lowest BCUT2D eigenvalue weighted by Gasteiger charge is -2.14. The van der Waals surface area contributed by atoms with E-state index < -0.39 is 16.8 Å². The molecule has 106 valence electrons. The van der Waals surface area contributed by atoms with Crippen LogP contribution >= 0.6 is 0 Å². The number of hydrogen-bond donors (Lipinski definition) is 2. The van der Waals surface area contributed by atoms with Gasteiger partial charge in [0, 0.05) is 28.9 Å². The SMILES string of the molecule is CCOC(=O)c1cc(NC(C)CS(C)=O)ncc1N. The van der Waals surface area contributed by atoms with E-state index in [4.69, 9.17) is 10.5 Å². The predicted molar refractivity (Wildman–Crippen MR) is 76.6 cm³/mol. The van der Waals surface area contributed by atoms with Crippen molar-refractivity contribution in [1.29, 1.82) is 0 Å². The van der Waals surface area contributed by atoms with Crippen LogP contribution < -0.4 is 11.1 Å². The van der Waals surface area contributed by atoms with E-state index in [1.165, 1.54) is 6.20 Å². The molecule has 0 amide bonds. The Labute approximate surface area is 115 Å². The molecule has 1 aromatic rings. The molecule has 0 radical (unpaired) electrons. The molecule has 0 aliphatic carbocycles. The number of nitrogen functional groups attached to an aromatic ring is 1. The number of nitrogens with zero attached hydrogens (tertiary/aromatic N) is 1. The number of ether oxygens (including phenoxy) is 1. The first-order valence-electron chi connectivity index (χ1n) is 5.93. The highest BCUT2D eigenvalue weighted by Crippen LogP contribution is 2.16. The van der Waals surface area contributed by atoms with Crippen LogP contribution in [-0.2, 0) is 15.5 Å². The molecule has 0 saturated heterocycles. The van der Waals surface area contributed by atoms with Crippen molar-refractivity contribution in [2.24, 2.45) is 0 Å². The second-order valence-corrected chi connectivity index (χ2v) is 5.64. The van der Waals surface area contributed by atoms with Gasteiger partial charge in [0.05, 0.1) is 24.1 Å². The van der Waals surface area contributed by atoms with Crippen molar-refractivity contribution in [3.05, 3.63) is 17.8 Å². The van der Waals surface area contributed by atoms with Crippen LogP contribution in [-0.4, -0.2) is 39.8 Å². The van der Waals surface area contributed by atoms with Crippen molar-refractivity contribution in [2.45, 2.75) is 19.9 Å². The molecule has 0 saturated carbocycles. The predicted octanol–water partition coefficient (Wildman–Crippen LogP) is 1.02. The fourth-order valence-electron chi connectivity index (χ4n) is 1.58. The van der Waals surface area contributed by atoms with Crippen LogP contribution in [0.1, 0.15) is 24.2 Å². The minimum atomic E-state index is -0.897. The Morgan fingerprint density at radius 3 is 2.89 bits per heavy atom. The van der Waals surface area contributed by atoms with Crippen molar-refractivity contribution in [3.8, 4) is 0 Å². The molecule has 6 nitrogen and oxygen atoms in total. The maximum absolute atomic E-state index is 11.7. The average Bonchev–Trinajstić information content (AvgIpc) is 2.30. The van der Waals surface area contributed by atoms with E-state index in [-0.39, 0.29) is 23.9 Å². The molecule has 2 atom stereocenters. The number of nitrogens with one attached hydrogen (secondary N) is 1. The molecule has 19 heavy (non-hydrogen) atoms. The minimum Gasteiger partial charge on any atom is -0.462 e. The van der Waals surface area contributed by atoms with Gasteiger partial charge in [-0.05, 0) is 19.9 Å². The van der Waals surface area contributed by atoms with Gasteiger partial charge in [0.2, 0.25) is 0 Å². The molecule has 7 heteroatoms. The van der Waals surface area contributed by atoms with Crippen LogP contribution in [0.2, 0.25) is 0 Å². The summed E-state index contributed by atoms with van der Waals surface area (Å²) in [6.45, 7) is 3.91. The average molecular weight is 285 g/mol. The molecular weight excluding hydrogens is 266 g/mol. The Balaban J connectivity index is 2.84. The number of carbonyl (C=O) groups is 1. The molecule has 0 spiro atoms. The normalized spacial score (nSPS) is 13.6. The van der Waals surface area contributed by atoms with Crippen LogP contribution in [0.25, 0.3) is 0 Å². The van der Waals surface area contributed by atoms with Gasteiger partial charge in [0.15, 0.2) is 0 Å². The number of esters is 1. The third-order valence-electron chi connectivity index (χ3n) is 2.31. The maximum Gasteiger partial charge on any atom is 0.340 e. The molecular formula is C12H19N3O3S. The van der Waals surface area contributed by atoms with Gasteiger partial charge < -0.3 is 15.8 Å². The summed E-state index contributed by atoms with van der Waals surface area (Å²) in [5, 5.41) is 3.07. The Morgan fingerprint density at radius 2 is 2.32 bits per heavy atom. The second kappa shape index (κ2) is 7.08. The summed E-state index contributed by atoms with van der Waals surface area (Å²) in [6, 6.07) is 1.53. The zero-order valence-corrected chi connectivity index (χ0v) is 12.1. The smallest absolute Gasteiger partial charge is 0.340 e. The van der Waals surface area contributed by atoms with E-state index in [2.05, 4.69) is 10.3 Å². The number of aromatic nitrogens is 1. The number of pyridine rings is 1. The Bertz CT molecular complexity index is 479. The second-order valence-electron chi connectivity index (χ2n) is 4.16. The summed E-state index contributed by atoms with van der Waals surface area (Å²) in [5.41, 5.74) is 6.25. The first-order chi connectivity index (χ1) is 8.93. The standard InChI is InChI=1S/C12H19N3O3S/c1-4-18-12(16)9-5-11(14-6-10(9)13)15-8(2)7-19(3)17/h5-6,8H,4,7,13H2,1-3H3,(H,14,15). The lowest BCUT2D eigenvalue weighted by molar-refractivity contribution is 0.0527. The van der Waals surface area contributed by atoms with Crippen LogP contribution in [0.15, 0.2) is 12.3 Å². The molecule has 0 aromatic carbocycles. The molecule has 1 rings (SSSR count). The van der Waals surface area contributed by atoms with E-state index >= 15 is 0 Å². The highest BCUT2D eigenvalue weighted by atomic mass is 32.2. The Hall–Kier alpha value is -1.63. The number of hydrogen-bond acceptors (Lipinski definition) is 6. The van der Waals surface area contributed by atoms with Gasteiger partial charge in [0.1, 0.15) is 5.82 Å². The fraction of sp³-hybridized carbons (Fsp3) is 0.500. The summed E-state index contributed by atoms with van der Waals surface area (Å²) in [6.07, 6.45) is 3.04.